The number of hydrogen-bond acceptors (Lipinski definition) is 5. The molecular formula is C28H26F3N3O5. The number of aromatic nitrogens is 1. The summed E-state index contributed by atoms with van der Waals surface area (Å²) in [6.07, 6.45) is -2.67. The highest BCUT2D eigenvalue weighted by Gasteiger charge is 2.36. The lowest BCUT2D eigenvalue weighted by molar-refractivity contribution is -0.139. The Labute approximate surface area is 222 Å². The Kier molecular flexibility index (Phi) is 8.18. The molecule has 1 aliphatic rings. The zero-order valence-electron chi connectivity index (χ0n) is 21.0. The summed E-state index contributed by atoms with van der Waals surface area (Å²) in [6, 6.07) is 11.9. The van der Waals surface area contributed by atoms with Gasteiger partial charge in [-0.15, -0.1) is 0 Å². The minimum Gasteiger partial charge on any atom is -0.493 e. The zero-order chi connectivity index (χ0) is 28.2. The third-order valence-electron chi connectivity index (χ3n) is 6.02. The predicted octanol–water partition coefficient (Wildman–Crippen LogP) is 6.74. The van der Waals surface area contributed by atoms with Crippen molar-refractivity contribution >= 4 is 29.2 Å². The van der Waals surface area contributed by atoms with Gasteiger partial charge in [-0.3, -0.25) is 19.9 Å². The van der Waals surface area contributed by atoms with E-state index in [1.54, 1.807) is 31.3 Å². The monoisotopic (exact) mass is 541 g/mol. The maximum Gasteiger partial charge on any atom is 0.420 e. The zero-order valence-corrected chi connectivity index (χ0v) is 21.0. The van der Waals surface area contributed by atoms with Gasteiger partial charge in [-0.25, -0.2) is 4.79 Å². The minimum absolute atomic E-state index is 0.0322. The number of Topliss-reactive ketones (excluding diaryl/α,β-unsaturated/α-hetero) is 1. The fourth-order valence-electron chi connectivity index (χ4n) is 3.97. The van der Waals surface area contributed by atoms with Crippen molar-refractivity contribution in [3.8, 4) is 16.9 Å². The topological polar surface area (TPSA) is 118 Å². The number of halogens is 3. The van der Waals surface area contributed by atoms with Crippen LogP contribution in [0.3, 0.4) is 0 Å². The molecule has 3 N–H and O–H groups in total. The fourth-order valence-corrected chi connectivity index (χ4v) is 3.97. The molecule has 39 heavy (non-hydrogen) atoms. The first kappa shape index (κ1) is 27.6. The normalized spacial score (nSPS) is 13.0. The smallest absolute Gasteiger partial charge is 0.420 e. The van der Waals surface area contributed by atoms with Gasteiger partial charge < -0.3 is 15.2 Å². The highest BCUT2D eigenvalue weighted by atomic mass is 19.4. The molecule has 8 nitrogen and oxygen atoms in total. The number of anilines is 2. The molecule has 0 unspecified atom stereocenters. The third-order valence-corrected chi connectivity index (χ3v) is 6.02. The number of carbonyl (C=O) groups is 3. The molecule has 1 fully saturated rings. The summed E-state index contributed by atoms with van der Waals surface area (Å²) in [7, 11) is 0. The van der Waals surface area contributed by atoms with Crippen LogP contribution in [0.25, 0.3) is 11.1 Å². The summed E-state index contributed by atoms with van der Waals surface area (Å²) in [5, 5.41) is 13.3. The molecule has 0 radical (unpaired) electrons. The Hall–Kier alpha value is -4.41. The van der Waals surface area contributed by atoms with E-state index in [1.165, 1.54) is 6.07 Å². The molecule has 2 aromatic carbocycles. The number of ketones is 1. The number of nitrogens with zero attached hydrogens (tertiary/aromatic N) is 1. The number of carboxylic acid groups (broad SMARTS) is 1. The SMILES string of the molecule is CCCOc1cc(NC(=O)O)c(NC(=O)CC(=O)c2cccc(-c3ccc(C4CC4)nc3)c2)cc1C(F)(F)F. The van der Waals surface area contributed by atoms with Crippen molar-refractivity contribution in [2.24, 2.45) is 0 Å². The van der Waals surface area contributed by atoms with Crippen molar-refractivity contribution in [1.82, 2.24) is 4.98 Å². The summed E-state index contributed by atoms with van der Waals surface area (Å²) >= 11 is 0. The largest absolute Gasteiger partial charge is 0.493 e. The van der Waals surface area contributed by atoms with Gasteiger partial charge in [0.05, 0.1) is 30.0 Å². The molecule has 0 atom stereocenters. The second-order valence-corrected chi connectivity index (χ2v) is 9.15. The van der Waals surface area contributed by atoms with Gasteiger partial charge in [0.1, 0.15) is 5.75 Å². The van der Waals surface area contributed by atoms with E-state index in [1.807, 2.05) is 17.4 Å². The molecule has 0 aliphatic heterocycles. The number of hydrogen-bond donors (Lipinski definition) is 3. The molecule has 0 spiro atoms. The number of ether oxygens (including phenoxy) is 1. The lowest BCUT2D eigenvalue weighted by Gasteiger charge is -2.18. The average molecular weight is 542 g/mol. The molecule has 4 rings (SSSR count). The van der Waals surface area contributed by atoms with Crippen LogP contribution in [0.1, 0.15) is 60.1 Å². The van der Waals surface area contributed by atoms with Gasteiger partial charge in [-0.05, 0) is 43.0 Å². The number of pyridine rings is 1. The summed E-state index contributed by atoms with van der Waals surface area (Å²) in [6.45, 7) is 1.67. The number of rotatable bonds is 10. The van der Waals surface area contributed by atoms with Gasteiger partial charge in [-0.1, -0.05) is 31.2 Å². The quantitative estimate of drug-likeness (QED) is 0.193. The average Bonchev–Trinajstić information content (AvgIpc) is 3.73. The third kappa shape index (κ3) is 7.13. The lowest BCUT2D eigenvalue weighted by Crippen LogP contribution is -2.20. The van der Waals surface area contributed by atoms with Crippen LogP contribution in [0.15, 0.2) is 54.7 Å². The molecule has 0 bridgehead atoms. The first-order valence-electron chi connectivity index (χ1n) is 12.3. The molecule has 1 heterocycles. The Morgan fingerprint density at radius 3 is 2.38 bits per heavy atom. The van der Waals surface area contributed by atoms with E-state index in [4.69, 9.17) is 9.84 Å². The van der Waals surface area contributed by atoms with E-state index in [-0.39, 0.29) is 17.9 Å². The Morgan fingerprint density at radius 2 is 1.77 bits per heavy atom. The van der Waals surface area contributed by atoms with Crippen LogP contribution in [0.2, 0.25) is 0 Å². The highest BCUT2D eigenvalue weighted by Crippen LogP contribution is 2.42. The molecule has 204 valence electrons. The first-order chi connectivity index (χ1) is 18.5. The van der Waals surface area contributed by atoms with Gasteiger partial charge in [0.15, 0.2) is 5.78 Å². The van der Waals surface area contributed by atoms with Gasteiger partial charge in [0.25, 0.3) is 0 Å². The number of alkyl halides is 3. The predicted molar refractivity (Wildman–Crippen MR) is 138 cm³/mol. The Bertz CT molecular complexity index is 1390. The molecule has 2 amide bonds. The van der Waals surface area contributed by atoms with E-state index in [0.29, 0.717) is 18.4 Å². The Balaban J connectivity index is 1.52. The van der Waals surface area contributed by atoms with Crippen molar-refractivity contribution in [2.45, 2.75) is 44.7 Å². The standard InChI is InChI=1S/C28H26F3N3O5/c1-2-10-39-25-13-23(34-27(37)38)22(12-20(25)28(29,30)31)33-26(36)14-24(35)18-5-3-4-17(11-18)19-8-9-21(32-15-19)16-6-7-16/h3-5,8-9,11-13,15-16,34H,2,6-7,10,14H2,1H3,(H,33,36)(H,37,38). The van der Waals surface area contributed by atoms with Crippen molar-refractivity contribution in [2.75, 3.05) is 17.2 Å². The Morgan fingerprint density at radius 1 is 1.03 bits per heavy atom. The van der Waals surface area contributed by atoms with Gasteiger partial charge >= 0.3 is 12.3 Å². The molecule has 0 saturated heterocycles. The summed E-state index contributed by atoms with van der Waals surface area (Å²) in [5.41, 5.74) is 0.806. The molecule has 1 saturated carbocycles. The van der Waals surface area contributed by atoms with Crippen LogP contribution in [-0.2, 0) is 11.0 Å². The van der Waals surface area contributed by atoms with E-state index in [2.05, 4.69) is 10.3 Å². The van der Waals surface area contributed by atoms with Gasteiger partial charge in [0.2, 0.25) is 5.91 Å². The number of benzene rings is 2. The van der Waals surface area contributed by atoms with Crippen LogP contribution in [0, 0.1) is 0 Å². The lowest BCUT2D eigenvalue weighted by atomic mass is 10.0. The van der Waals surface area contributed by atoms with Crippen LogP contribution in [-0.4, -0.2) is 34.5 Å². The highest BCUT2D eigenvalue weighted by molar-refractivity contribution is 6.12. The molecule has 11 heteroatoms. The van der Waals surface area contributed by atoms with Crippen LogP contribution < -0.4 is 15.4 Å². The van der Waals surface area contributed by atoms with Crippen molar-refractivity contribution < 1.29 is 37.4 Å². The van der Waals surface area contributed by atoms with Crippen molar-refractivity contribution in [3.05, 3.63) is 71.5 Å². The van der Waals surface area contributed by atoms with Crippen molar-refractivity contribution in [3.63, 3.8) is 0 Å². The molecular weight excluding hydrogens is 515 g/mol. The van der Waals surface area contributed by atoms with E-state index < -0.39 is 47.4 Å². The second kappa shape index (κ2) is 11.5. The van der Waals surface area contributed by atoms with E-state index in [9.17, 15) is 27.6 Å². The van der Waals surface area contributed by atoms with Gasteiger partial charge in [-0.2, -0.15) is 13.2 Å². The fraction of sp³-hybridized carbons (Fsp3) is 0.286. The first-order valence-corrected chi connectivity index (χ1v) is 12.3. The minimum atomic E-state index is -4.84. The van der Waals surface area contributed by atoms with Crippen LogP contribution >= 0.6 is 0 Å². The number of nitrogens with one attached hydrogen (secondary N) is 2. The number of carbonyl (C=O) groups excluding carboxylic acids is 2. The molecule has 3 aromatic rings. The van der Waals surface area contributed by atoms with Crippen molar-refractivity contribution in [1.29, 1.82) is 0 Å². The molecule has 1 aliphatic carbocycles. The maximum absolute atomic E-state index is 13.7. The van der Waals surface area contributed by atoms with E-state index >= 15 is 0 Å². The van der Waals surface area contributed by atoms with Crippen LogP contribution in [0.4, 0.5) is 29.3 Å². The summed E-state index contributed by atoms with van der Waals surface area (Å²) < 4.78 is 46.2. The summed E-state index contributed by atoms with van der Waals surface area (Å²) in [4.78, 5) is 41.3. The summed E-state index contributed by atoms with van der Waals surface area (Å²) in [5.74, 6) is -1.56. The van der Waals surface area contributed by atoms with Gasteiger partial charge in [0, 0.05) is 35.0 Å². The molecule has 1 aromatic heterocycles. The number of amides is 2. The van der Waals surface area contributed by atoms with Crippen LogP contribution in [0.5, 0.6) is 5.75 Å². The van der Waals surface area contributed by atoms with E-state index in [0.717, 1.165) is 35.7 Å². The maximum atomic E-state index is 13.7. The second-order valence-electron chi connectivity index (χ2n) is 9.15.